The van der Waals surface area contributed by atoms with Gasteiger partial charge in [0.1, 0.15) is 0 Å². The lowest BCUT2D eigenvalue weighted by molar-refractivity contribution is -0.0179. The van der Waals surface area contributed by atoms with Crippen LogP contribution in [0.1, 0.15) is 76.0 Å². The lowest BCUT2D eigenvalue weighted by Crippen LogP contribution is -2.50. The third kappa shape index (κ3) is 2.25. The molecule has 0 saturated heterocycles. The monoisotopic (exact) mass is 286 g/mol. The molecule has 1 nitrogen and oxygen atoms in total. The first-order valence-corrected chi connectivity index (χ1v) is 8.65. The Hall–Kier alpha value is -0.820. The smallest absolute Gasteiger partial charge is 0.0487 e. The van der Waals surface area contributed by atoms with Gasteiger partial charge in [-0.25, -0.2) is 0 Å². The van der Waals surface area contributed by atoms with E-state index in [2.05, 4.69) is 45.9 Å². The largest absolute Gasteiger partial charge is 0.396 e. The molecule has 1 heteroatoms. The van der Waals surface area contributed by atoms with Crippen molar-refractivity contribution in [2.75, 3.05) is 6.61 Å². The third-order valence-corrected chi connectivity index (χ3v) is 6.53. The zero-order valence-electron chi connectivity index (χ0n) is 14.1. The van der Waals surface area contributed by atoms with Crippen LogP contribution in [0.15, 0.2) is 18.2 Å². The summed E-state index contributed by atoms with van der Waals surface area (Å²) < 4.78 is 0. The van der Waals surface area contributed by atoms with E-state index in [1.165, 1.54) is 37.7 Å². The topological polar surface area (TPSA) is 20.2 Å². The lowest BCUT2D eigenvalue weighted by atomic mass is 9.50. The fourth-order valence-electron chi connectivity index (χ4n) is 5.19. The van der Waals surface area contributed by atoms with E-state index in [0.717, 1.165) is 0 Å². The minimum atomic E-state index is 0.113. The first-order valence-electron chi connectivity index (χ1n) is 8.65. The van der Waals surface area contributed by atoms with Crippen LogP contribution < -0.4 is 0 Å². The Kier molecular flexibility index (Phi) is 3.68. The number of fused-ring (bicyclic) bond motifs is 3. The molecule has 2 aliphatic carbocycles. The Morgan fingerprint density at radius 1 is 1.24 bits per heavy atom. The number of aryl methyl sites for hydroxylation is 1. The number of aliphatic hydroxyl groups excluding tert-OH is 1. The van der Waals surface area contributed by atoms with Crippen LogP contribution in [0.5, 0.6) is 0 Å². The van der Waals surface area contributed by atoms with Crippen LogP contribution in [-0.2, 0) is 11.8 Å². The van der Waals surface area contributed by atoms with Crippen molar-refractivity contribution in [2.45, 2.75) is 71.1 Å². The van der Waals surface area contributed by atoms with Crippen molar-refractivity contribution in [1.82, 2.24) is 0 Å². The molecule has 0 amide bonds. The van der Waals surface area contributed by atoms with Crippen molar-refractivity contribution < 1.29 is 5.11 Å². The molecule has 2 aliphatic rings. The molecule has 0 heterocycles. The highest BCUT2D eigenvalue weighted by Gasteiger charge is 2.51. The third-order valence-electron chi connectivity index (χ3n) is 6.53. The molecule has 1 N–H and O–H groups in total. The normalized spacial score (nSPS) is 35.4. The SMILES string of the molecule is CC(C)c1ccc2c(c1)CCC1[C@@](C)(CO)CCC[C@@]21C. The van der Waals surface area contributed by atoms with Gasteiger partial charge in [-0.3, -0.25) is 0 Å². The van der Waals surface area contributed by atoms with Crippen molar-refractivity contribution in [3.8, 4) is 0 Å². The highest BCUT2D eigenvalue weighted by Crippen LogP contribution is 2.57. The molecule has 3 rings (SSSR count). The van der Waals surface area contributed by atoms with Gasteiger partial charge >= 0.3 is 0 Å². The number of hydrogen-bond acceptors (Lipinski definition) is 1. The average Bonchev–Trinajstić information content (AvgIpc) is 2.46. The highest BCUT2D eigenvalue weighted by molar-refractivity contribution is 5.42. The standard InChI is InChI=1S/C20H30O/c1-14(2)15-6-8-17-16(12-15)7-9-18-19(3,13-21)10-5-11-20(17,18)4/h6,8,12,14,18,21H,5,7,9-11,13H2,1-4H3/t18?,19-,20+/m1/s1. The summed E-state index contributed by atoms with van der Waals surface area (Å²) in [6.45, 7) is 9.66. The van der Waals surface area contributed by atoms with E-state index in [1.54, 1.807) is 11.1 Å². The van der Waals surface area contributed by atoms with Crippen molar-refractivity contribution in [3.05, 3.63) is 34.9 Å². The van der Waals surface area contributed by atoms with Gasteiger partial charge in [-0.2, -0.15) is 0 Å². The van der Waals surface area contributed by atoms with E-state index in [-0.39, 0.29) is 10.8 Å². The van der Waals surface area contributed by atoms with Gasteiger partial charge in [0.05, 0.1) is 0 Å². The Balaban J connectivity index is 2.05. The van der Waals surface area contributed by atoms with Gasteiger partial charge in [0.25, 0.3) is 0 Å². The fourth-order valence-corrected chi connectivity index (χ4v) is 5.19. The number of rotatable bonds is 2. The molecule has 116 valence electrons. The van der Waals surface area contributed by atoms with E-state index >= 15 is 0 Å². The molecule has 0 bridgehead atoms. The molecule has 1 aromatic carbocycles. The van der Waals surface area contributed by atoms with E-state index in [9.17, 15) is 5.11 Å². The molecule has 21 heavy (non-hydrogen) atoms. The second-order valence-corrected chi connectivity index (χ2v) is 8.25. The minimum absolute atomic E-state index is 0.113. The van der Waals surface area contributed by atoms with Crippen LogP contribution in [0.2, 0.25) is 0 Å². The molecule has 0 aliphatic heterocycles. The van der Waals surface area contributed by atoms with Gasteiger partial charge in [-0.05, 0) is 65.0 Å². The minimum Gasteiger partial charge on any atom is -0.396 e. The van der Waals surface area contributed by atoms with Gasteiger partial charge in [0.15, 0.2) is 0 Å². The molecule has 0 spiro atoms. The zero-order valence-corrected chi connectivity index (χ0v) is 14.1. The molecule has 0 aromatic heterocycles. The van der Waals surface area contributed by atoms with Crippen molar-refractivity contribution >= 4 is 0 Å². The molecular formula is C20H30O. The summed E-state index contributed by atoms with van der Waals surface area (Å²) in [7, 11) is 0. The number of aliphatic hydroxyl groups is 1. The van der Waals surface area contributed by atoms with Crippen molar-refractivity contribution in [1.29, 1.82) is 0 Å². The predicted molar refractivity (Wildman–Crippen MR) is 88.7 cm³/mol. The van der Waals surface area contributed by atoms with E-state index in [0.29, 0.717) is 18.4 Å². The summed E-state index contributed by atoms with van der Waals surface area (Å²) in [5, 5.41) is 9.97. The first-order chi connectivity index (χ1) is 9.90. The van der Waals surface area contributed by atoms with Gasteiger partial charge in [-0.15, -0.1) is 0 Å². The lowest BCUT2D eigenvalue weighted by Gasteiger charge is -2.55. The number of benzene rings is 1. The quantitative estimate of drug-likeness (QED) is 0.827. The molecule has 1 saturated carbocycles. The van der Waals surface area contributed by atoms with Gasteiger partial charge < -0.3 is 5.11 Å². The average molecular weight is 286 g/mol. The summed E-state index contributed by atoms with van der Waals surface area (Å²) in [5.74, 6) is 1.23. The summed E-state index contributed by atoms with van der Waals surface area (Å²) in [6, 6.07) is 7.19. The fraction of sp³-hybridized carbons (Fsp3) is 0.700. The van der Waals surface area contributed by atoms with Crippen molar-refractivity contribution in [2.24, 2.45) is 11.3 Å². The second kappa shape index (κ2) is 5.12. The summed E-state index contributed by atoms with van der Waals surface area (Å²) >= 11 is 0. The molecule has 0 radical (unpaired) electrons. The van der Waals surface area contributed by atoms with Crippen LogP contribution in [-0.4, -0.2) is 11.7 Å². The van der Waals surface area contributed by atoms with E-state index < -0.39 is 0 Å². The Morgan fingerprint density at radius 2 is 2.00 bits per heavy atom. The maximum Gasteiger partial charge on any atom is 0.0487 e. The molecule has 1 aromatic rings. The maximum atomic E-state index is 9.97. The molecule has 1 unspecified atom stereocenters. The van der Waals surface area contributed by atoms with Gasteiger partial charge in [0.2, 0.25) is 0 Å². The van der Waals surface area contributed by atoms with Crippen LogP contribution in [0, 0.1) is 11.3 Å². The van der Waals surface area contributed by atoms with E-state index in [4.69, 9.17) is 0 Å². The Morgan fingerprint density at radius 3 is 2.67 bits per heavy atom. The van der Waals surface area contributed by atoms with Crippen LogP contribution >= 0.6 is 0 Å². The number of hydrogen-bond donors (Lipinski definition) is 1. The molecular weight excluding hydrogens is 256 g/mol. The Labute approximate surface area is 129 Å². The van der Waals surface area contributed by atoms with Crippen molar-refractivity contribution in [3.63, 3.8) is 0 Å². The van der Waals surface area contributed by atoms with Gasteiger partial charge in [-0.1, -0.05) is 52.3 Å². The first kappa shape index (κ1) is 15.1. The highest BCUT2D eigenvalue weighted by atomic mass is 16.3. The summed E-state index contributed by atoms with van der Waals surface area (Å²) in [4.78, 5) is 0. The van der Waals surface area contributed by atoms with Crippen LogP contribution in [0.4, 0.5) is 0 Å². The van der Waals surface area contributed by atoms with Crippen LogP contribution in [0.25, 0.3) is 0 Å². The summed E-state index contributed by atoms with van der Waals surface area (Å²) in [5.41, 5.74) is 4.99. The predicted octanol–water partition coefficient (Wildman–Crippen LogP) is 4.81. The molecule has 3 atom stereocenters. The molecule has 1 fully saturated rings. The summed E-state index contributed by atoms with van der Waals surface area (Å²) in [6.07, 6.45) is 6.13. The van der Waals surface area contributed by atoms with Gasteiger partial charge in [0, 0.05) is 6.61 Å². The maximum absolute atomic E-state index is 9.97. The Bertz CT molecular complexity index is 533. The van der Waals surface area contributed by atoms with Crippen LogP contribution in [0.3, 0.4) is 0 Å². The second-order valence-electron chi connectivity index (χ2n) is 8.25. The van der Waals surface area contributed by atoms with E-state index in [1.807, 2.05) is 0 Å². The zero-order chi connectivity index (χ0) is 15.3.